The third-order valence-electron chi connectivity index (χ3n) is 3.70. The van der Waals surface area contributed by atoms with E-state index in [4.69, 9.17) is 0 Å². The molecule has 0 saturated heterocycles. The van der Waals surface area contributed by atoms with Crippen molar-refractivity contribution in [2.75, 3.05) is 0 Å². The summed E-state index contributed by atoms with van der Waals surface area (Å²) in [6, 6.07) is 21.1. The Morgan fingerprint density at radius 2 is 1.45 bits per heavy atom. The maximum Gasteiger partial charge on any atom is 0.123 e. The van der Waals surface area contributed by atoms with Gasteiger partial charge in [0.05, 0.1) is 5.52 Å². The highest BCUT2D eigenvalue weighted by Crippen LogP contribution is 2.32. The molecule has 4 rings (SSSR count). The lowest BCUT2D eigenvalue weighted by molar-refractivity contribution is 0.628. The lowest BCUT2D eigenvalue weighted by Gasteiger charge is -2.03. The zero-order valence-corrected chi connectivity index (χ0v) is 10.7. The largest absolute Gasteiger partial charge is 0.354 e. The van der Waals surface area contributed by atoms with Crippen LogP contribution in [0.2, 0.25) is 0 Å². The van der Waals surface area contributed by atoms with Crippen molar-refractivity contribution >= 4 is 21.8 Å². The topological polar surface area (TPSA) is 15.8 Å². The van der Waals surface area contributed by atoms with Crippen LogP contribution in [0.1, 0.15) is 0 Å². The van der Waals surface area contributed by atoms with Crippen molar-refractivity contribution in [1.29, 1.82) is 0 Å². The number of benzene rings is 3. The van der Waals surface area contributed by atoms with Crippen molar-refractivity contribution in [3.05, 3.63) is 72.5 Å². The van der Waals surface area contributed by atoms with Crippen LogP contribution in [0.5, 0.6) is 0 Å². The van der Waals surface area contributed by atoms with Gasteiger partial charge >= 0.3 is 0 Å². The molecule has 0 aliphatic rings. The Labute approximate surface area is 115 Å². The van der Waals surface area contributed by atoms with Gasteiger partial charge in [-0.3, -0.25) is 0 Å². The van der Waals surface area contributed by atoms with E-state index in [1.165, 1.54) is 22.9 Å². The second-order valence-corrected chi connectivity index (χ2v) is 4.91. The summed E-state index contributed by atoms with van der Waals surface area (Å²) in [7, 11) is 0. The minimum Gasteiger partial charge on any atom is -0.354 e. The summed E-state index contributed by atoms with van der Waals surface area (Å²) in [6.45, 7) is 0. The fourth-order valence-corrected chi connectivity index (χ4v) is 2.74. The van der Waals surface area contributed by atoms with E-state index in [9.17, 15) is 4.39 Å². The molecular formula is C18H12FN. The Morgan fingerprint density at radius 3 is 2.30 bits per heavy atom. The summed E-state index contributed by atoms with van der Waals surface area (Å²) in [6.07, 6.45) is 0. The second-order valence-electron chi connectivity index (χ2n) is 4.91. The van der Waals surface area contributed by atoms with Crippen molar-refractivity contribution in [2.24, 2.45) is 0 Å². The molecule has 96 valence electrons. The first-order valence-electron chi connectivity index (χ1n) is 6.58. The number of hydrogen-bond donors (Lipinski definition) is 1. The Hall–Kier alpha value is -2.61. The van der Waals surface area contributed by atoms with Crippen molar-refractivity contribution < 1.29 is 4.39 Å². The smallest absolute Gasteiger partial charge is 0.123 e. The predicted octanol–water partition coefficient (Wildman–Crippen LogP) is 5.13. The molecule has 0 saturated carbocycles. The van der Waals surface area contributed by atoms with Crippen LogP contribution in [0, 0.1) is 5.82 Å². The third-order valence-corrected chi connectivity index (χ3v) is 3.70. The van der Waals surface area contributed by atoms with E-state index >= 15 is 0 Å². The van der Waals surface area contributed by atoms with Crippen LogP contribution in [0.4, 0.5) is 4.39 Å². The number of halogens is 1. The van der Waals surface area contributed by atoms with E-state index in [0.717, 1.165) is 22.2 Å². The van der Waals surface area contributed by atoms with Gasteiger partial charge < -0.3 is 4.98 Å². The van der Waals surface area contributed by atoms with Gasteiger partial charge in [0.2, 0.25) is 0 Å². The number of aromatic amines is 1. The molecular weight excluding hydrogens is 249 g/mol. The monoisotopic (exact) mass is 261 g/mol. The highest BCUT2D eigenvalue weighted by Gasteiger charge is 2.08. The number of hydrogen-bond acceptors (Lipinski definition) is 0. The van der Waals surface area contributed by atoms with Crippen molar-refractivity contribution in [3.8, 4) is 11.1 Å². The standard InChI is InChI=1S/C18H12FN/c19-13-10-8-12(9-11-13)14-5-3-6-16-15-4-1-2-7-17(15)20-18(14)16/h1-11,20H. The summed E-state index contributed by atoms with van der Waals surface area (Å²) in [5.41, 5.74) is 4.33. The minimum atomic E-state index is -0.211. The van der Waals surface area contributed by atoms with Crippen LogP contribution in [0.3, 0.4) is 0 Å². The zero-order valence-electron chi connectivity index (χ0n) is 10.7. The molecule has 2 heteroatoms. The molecule has 0 unspecified atom stereocenters. The number of H-pyrrole nitrogens is 1. The van der Waals surface area contributed by atoms with E-state index in [-0.39, 0.29) is 5.82 Å². The van der Waals surface area contributed by atoms with Gasteiger partial charge in [0, 0.05) is 21.9 Å². The van der Waals surface area contributed by atoms with E-state index in [2.05, 4.69) is 29.2 Å². The average Bonchev–Trinajstić information content (AvgIpc) is 2.87. The molecule has 0 amide bonds. The van der Waals surface area contributed by atoms with E-state index in [0.29, 0.717) is 0 Å². The number of rotatable bonds is 1. The van der Waals surface area contributed by atoms with Crippen molar-refractivity contribution in [3.63, 3.8) is 0 Å². The lowest BCUT2D eigenvalue weighted by atomic mass is 10.0. The van der Waals surface area contributed by atoms with Gasteiger partial charge in [-0.2, -0.15) is 0 Å². The molecule has 1 heterocycles. The number of aromatic nitrogens is 1. The van der Waals surface area contributed by atoms with Gasteiger partial charge in [-0.15, -0.1) is 0 Å². The van der Waals surface area contributed by atoms with Crippen molar-refractivity contribution in [2.45, 2.75) is 0 Å². The van der Waals surface area contributed by atoms with Gasteiger partial charge in [0.25, 0.3) is 0 Å². The Kier molecular flexibility index (Phi) is 2.36. The molecule has 3 aromatic carbocycles. The molecule has 0 atom stereocenters. The summed E-state index contributed by atoms with van der Waals surface area (Å²) in [5, 5.41) is 2.41. The van der Waals surface area contributed by atoms with Crippen LogP contribution in [0.15, 0.2) is 66.7 Å². The minimum absolute atomic E-state index is 0.211. The fraction of sp³-hybridized carbons (Fsp3) is 0. The molecule has 4 aromatic rings. The molecule has 1 N–H and O–H groups in total. The van der Waals surface area contributed by atoms with Crippen molar-refractivity contribution in [1.82, 2.24) is 4.98 Å². The van der Waals surface area contributed by atoms with E-state index in [1.54, 1.807) is 0 Å². The first-order chi connectivity index (χ1) is 9.83. The number of nitrogens with one attached hydrogen (secondary N) is 1. The first kappa shape index (κ1) is 11.2. The molecule has 0 bridgehead atoms. The normalized spacial score (nSPS) is 11.2. The number of para-hydroxylation sites is 2. The maximum atomic E-state index is 13.1. The molecule has 20 heavy (non-hydrogen) atoms. The Morgan fingerprint density at radius 1 is 0.700 bits per heavy atom. The van der Waals surface area contributed by atoms with Gasteiger partial charge in [0.1, 0.15) is 5.82 Å². The lowest BCUT2D eigenvalue weighted by Crippen LogP contribution is -1.81. The molecule has 1 aromatic heterocycles. The predicted molar refractivity (Wildman–Crippen MR) is 81.2 cm³/mol. The molecule has 1 nitrogen and oxygen atoms in total. The molecule has 0 fully saturated rings. The van der Waals surface area contributed by atoms with Crippen LogP contribution in [-0.4, -0.2) is 4.98 Å². The summed E-state index contributed by atoms with van der Waals surface area (Å²) < 4.78 is 13.1. The van der Waals surface area contributed by atoms with Crippen LogP contribution >= 0.6 is 0 Å². The second kappa shape index (κ2) is 4.20. The summed E-state index contributed by atoms with van der Waals surface area (Å²) in [4.78, 5) is 3.47. The van der Waals surface area contributed by atoms with Gasteiger partial charge in [-0.05, 0) is 23.8 Å². The van der Waals surface area contributed by atoms with Gasteiger partial charge in [0.15, 0.2) is 0 Å². The SMILES string of the molecule is Fc1ccc(-c2cccc3c2[nH]c2ccccc23)cc1. The van der Waals surface area contributed by atoms with Crippen LogP contribution in [-0.2, 0) is 0 Å². The average molecular weight is 261 g/mol. The van der Waals surface area contributed by atoms with Gasteiger partial charge in [-0.1, -0.05) is 48.5 Å². The van der Waals surface area contributed by atoms with E-state index in [1.807, 2.05) is 30.3 Å². The van der Waals surface area contributed by atoms with Gasteiger partial charge in [-0.25, -0.2) is 4.39 Å². The molecule has 0 aliphatic heterocycles. The molecule has 0 radical (unpaired) electrons. The highest BCUT2D eigenvalue weighted by molar-refractivity contribution is 6.11. The first-order valence-corrected chi connectivity index (χ1v) is 6.58. The summed E-state index contributed by atoms with van der Waals surface area (Å²) in [5.74, 6) is -0.211. The summed E-state index contributed by atoms with van der Waals surface area (Å²) >= 11 is 0. The quantitative estimate of drug-likeness (QED) is 0.489. The third kappa shape index (κ3) is 1.62. The highest BCUT2D eigenvalue weighted by atomic mass is 19.1. The molecule has 0 aliphatic carbocycles. The maximum absolute atomic E-state index is 13.1. The fourth-order valence-electron chi connectivity index (χ4n) is 2.74. The number of fused-ring (bicyclic) bond motifs is 3. The zero-order chi connectivity index (χ0) is 13.5. The van der Waals surface area contributed by atoms with Crippen LogP contribution in [0.25, 0.3) is 32.9 Å². The molecule has 0 spiro atoms. The Balaban J connectivity index is 2.07. The van der Waals surface area contributed by atoms with Crippen LogP contribution < -0.4 is 0 Å². The Bertz CT molecular complexity index is 904. The van der Waals surface area contributed by atoms with E-state index < -0.39 is 0 Å².